The summed E-state index contributed by atoms with van der Waals surface area (Å²) in [6, 6.07) is 12.2. The quantitative estimate of drug-likeness (QED) is 0.0926. The summed E-state index contributed by atoms with van der Waals surface area (Å²) >= 11 is 6.43. The van der Waals surface area contributed by atoms with Crippen molar-refractivity contribution in [2.45, 2.75) is 56.9 Å². The SMILES string of the molecule is CN(Cc1ccc2cc1CCc1cncc(c1)Nc1ncc(Cl)c(n1)N2)CC1CCN(C(=O)Nc2cccnc2)CC1.O=C(O)C(F)(F)F.O=C(O)C(F)(F)F.O=C(O)C(F)(F)F.O=C(O)C(F)(F)F. The average molecular weight is 1040 g/mol. The van der Waals surface area contributed by atoms with Crippen LogP contribution in [0.5, 0.6) is 0 Å². The minimum Gasteiger partial charge on any atom is -0.475 e. The second-order valence-electron chi connectivity index (χ2n) is 14.2. The Morgan fingerprint density at radius 3 is 1.77 bits per heavy atom. The third-order valence-electron chi connectivity index (χ3n) is 8.74. The Bertz CT molecular complexity index is 2290. The Morgan fingerprint density at radius 1 is 0.729 bits per heavy atom. The molecule has 31 heteroatoms. The smallest absolute Gasteiger partial charge is 0.475 e. The van der Waals surface area contributed by atoms with Gasteiger partial charge in [-0.05, 0) is 85.7 Å². The summed E-state index contributed by atoms with van der Waals surface area (Å²) in [5.41, 5.74) is 6.21. The van der Waals surface area contributed by atoms with Crippen LogP contribution in [0.15, 0.2) is 67.4 Å². The molecule has 18 nitrogen and oxygen atoms in total. The van der Waals surface area contributed by atoms with E-state index in [9.17, 15) is 57.5 Å². The molecule has 0 radical (unpaired) electrons. The molecule has 0 atom stereocenters. The molecule has 1 aromatic carbocycles. The number of nitrogens with one attached hydrogen (secondary N) is 3. The molecule has 5 heterocycles. The van der Waals surface area contributed by atoms with Crippen molar-refractivity contribution in [3.8, 4) is 0 Å². The molecule has 0 saturated carbocycles. The van der Waals surface area contributed by atoms with Crippen molar-refractivity contribution >= 4 is 70.3 Å². The third-order valence-corrected chi connectivity index (χ3v) is 9.02. The number of pyridine rings is 2. The number of carbonyl (C=O) groups is 5. The summed E-state index contributed by atoms with van der Waals surface area (Å²) in [6.45, 7) is 3.33. The molecule has 6 bridgehead atoms. The highest BCUT2D eigenvalue weighted by Crippen LogP contribution is 2.29. The Hall–Kier alpha value is -7.24. The number of aromatic nitrogens is 4. The van der Waals surface area contributed by atoms with Gasteiger partial charge < -0.3 is 46.2 Å². The van der Waals surface area contributed by atoms with Gasteiger partial charge in [-0.15, -0.1) is 0 Å². The molecule has 384 valence electrons. The highest BCUT2D eigenvalue weighted by molar-refractivity contribution is 6.32. The maximum absolute atomic E-state index is 12.7. The van der Waals surface area contributed by atoms with Gasteiger partial charge in [0.05, 0.1) is 30.0 Å². The van der Waals surface area contributed by atoms with E-state index in [4.69, 9.17) is 51.2 Å². The van der Waals surface area contributed by atoms with Gasteiger partial charge in [-0.2, -0.15) is 57.7 Å². The van der Waals surface area contributed by atoms with Gasteiger partial charge in [0, 0.05) is 44.3 Å². The van der Waals surface area contributed by atoms with Crippen LogP contribution in [-0.4, -0.2) is 131 Å². The zero-order valence-corrected chi connectivity index (χ0v) is 36.3. The van der Waals surface area contributed by atoms with Gasteiger partial charge in [-0.25, -0.2) is 29.0 Å². The normalized spacial score (nSPS) is 13.6. The highest BCUT2D eigenvalue weighted by Gasteiger charge is 2.40. The Morgan fingerprint density at radius 2 is 1.27 bits per heavy atom. The minimum atomic E-state index is -5.08. The standard InChI is InChI=1S/C31H34ClN9O.4C2HF3O2/c1-40(19-21-8-11-41(12-9-21)31(42)38-26-3-2-10-33-16-26)20-24-6-7-25-14-23(24)5-4-22-13-27(17-34-15-22)37-30-35-18-28(32)29(36-25)39-30;4*3-2(4,5)1(6)7/h2-3,6-7,10,13-18,21H,4-5,8-9,11-12,19-20H2,1H3,(H,38,42)(H2,35,36,37,39);4*(H,6,7). The number of hydrogen-bond acceptors (Lipinski definition) is 12. The zero-order chi connectivity index (χ0) is 53.2. The number of urea groups is 1. The van der Waals surface area contributed by atoms with E-state index in [1.807, 2.05) is 23.2 Å². The van der Waals surface area contributed by atoms with Crippen molar-refractivity contribution in [1.82, 2.24) is 29.7 Å². The number of nitrogens with zero attached hydrogens (tertiary/aromatic N) is 6. The predicted molar refractivity (Wildman–Crippen MR) is 220 cm³/mol. The summed E-state index contributed by atoms with van der Waals surface area (Å²) < 4.78 is 127. The average Bonchev–Trinajstić information content (AvgIpc) is 3.25. The third kappa shape index (κ3) is 21.8. The van der Waals surface area contributed by atoms with Crippen molar-refractivity contribution in [1.29, 1.82) is 0 Å². The molecule has 2 aliphatic heterocycles. The van der Waals surface area contributed by atoms with E-state index in [2.05, 4.69) is 72.1 Å². The molecule has 0 spiro atoms. The van der Waals surface area contributed by atoms with Crippen LogP contribution < -0.4 is 16.0 Å². The topological polar surface area (TPSA) is 260 Å². The van der Waals surface area contributed by atoms with E-state index in [1.54, 1.807) is 24.8 Å². The van der Waals surface area contributed by atoms with E-state index in [-0.39, 0.29) is 6.03 Å². The van der Waals surface area contributed by atoms with E-state index >= 15 is 0 Å². The molecule has 3 aromatic heterocycles. The van der Waals surface area contributed by atoms with Crippen LogP contribution in [0.4, 0.5) is 86.3 Å². The number of rotatable bonds is 5. The van der Waals surface area contributed by atoms with Crippen molar-refractivity contribution in [3.63, 3.8) is 0 Å². The van der Waals surface area contributed by atoms with E-state index in [1.165, 1.54) is 11.1 Å². The van der Waals surface area contributed by atoms with Gasteiger partial charge in [0.15, 0.2) is 5.82 Å². The molecule has 1 fully saturated rings. The number of carboxylic acids is 4. The fourth-order valence-corrected chi connectivity index (χ4v) is 5.74. The first-order valence-electron chi connectivity index (χ1n) is 19.2. The van der Waals surface area contributed by atoms with E-state index in [0.29, 0.717) is 22.7 Å². The predicted octanol–water partition coefficient (Wildman–Crippen LogP) is 8.41. The second-order valence-corrected chi connectivity index (χ2v) is 14.6. The largest absolute Gasteiger partial charge is 0.490 e. The lowest BCUT2D eigenvalue weighted by Gasteiger charge is -2.34. The number of amides is 2. The van der Waals surface area contributed by atoms with Crippen LogP contribution in [0.1, 0.15) is 29.5 Å². The van der Waals surface area contributed by atoms with Crippen LogP contribution in [0.3, 0.4) is 0 Å². The number of aliphatic carboxylic acids is 4. The van der Waals surface area contributed by atoms with Gasteiger partial charge in [0.2, 0.25) is 5.95 Å². The molecule has 6 rings (SSSR count). The van der Waals surface area contributed by atoms with Crippen LogP contribution in [-0.2, 0) is 38.6 Å². The van der Waals surface area contributed by atoms with Gasteiger partial charge in [-0.1, -0.05) is 17.7 Å². The molecule has 0 unspecified atom stereocenters. The zero-order valence-electron chi connectivity index (χ0n) is 35.5. The summed E-state index contributed by atoms with van der Waals surface area (Å²) in [5, 5.41) is 38.5. The van der Waals surface area contributed by atoms with Gasteiger partial charge >= 0.3 is 54.6 Å². The van der Waals surface area contributed by atoms with Crippen molar-refractivity contribution in [2.75, 3.05) is 42.6 Å². The van der Waals surface area contributed by atoms with E-state index in [0.717, 1.165) is 74.5 Å². The van der Waals surface area contributed by atoms with Crippen molar-refractivity contribution in [3.05, 3.63) is 89.1 Å². The van der Waals surface area contributed by atoms with Gasteiger partial charge in [0.1, 0.15) is 5.02 Å². The van der Waals surface area contributed by atoms with E-state index < -0.39 is 48.6 Å². The number of anilines is 5. The van der Waals surface area contributed by atoms with Crippen molar-refractivity contribution < 1.29 is 97.1 Å². The number of carbonyl (C=O) groups excluding carboxylic acids is 1. The monoisotopic (exact) mass is 1040 g/mol. The summed E-state index contributed by atoms with van der Waals surface area (Å²) in [7, 11) is 2.18. The first-order chi connectivity index (χ1) is 32.3. The lowest BCUT2D eigenvalue weighted by molar-refractivity contribution is -0.193. The van der Waals surface area contributed by atoms with Crippen LogP contribution in [0.2, 0.25) is 5.02 Å². The lowest BCUT2D eigenvalue weighted by Crippen LogP contribution is -2.43. The molecule has 0 aliphatic carbocycles. The number of hydrogen-bond donors (Lipinski definition) is 7. The number of carboxylic acid groups (broad SMARTS) is 4. The van der Waals surface area contributed by atoms with Crippen LogP contribution >= 0.6 is 11.6 Å². The number of benzene rings is 1. The molecule has 2 amide bonds. The molecule has 70 heavy (non-hydrogen) atoms. The molecule has 2 aliphatic rings. The van der Waals surface area contributed by atoms with Gasteiger partial charge in [0.25, 0.3) is 0 Å². The summed E-state index contributed by atoms with van der Waals surface area (Å²) in [5.74, 6) is -9.48. The Balaban J connectivity index is 0.000000487. The maximum atomic E-state index is 12.7. The first kappa shape index (κ1) is 58.9. The molecule has 4 aromatic rings. The molecular weight excluding hydrogens is 1000 g/mol. The Labute approximate surface area is 391 Å². The first-order valence-corrected chi connectivity index (χ1v) is 19.6. The summed E-state index contributed by atoms with van der Waals surface area (Å²) in [6.07, 6.45) is -7.98. The highest BCUT2D eigenvalue weighted by atomic mass is 35.5. The lowest BCUT2D eigenvalue weighted by atomic mass is 9.95. The fraction of sp³-hybridized carbons (Fsp3) is 0.359. The van der Waals surface area contributed by atoms with Gasteiger partial charge in [-0.3, -0.25) is 9.97 Å². The minimum absolute atomic E-state index is 0.0560. The van der Waals surface area contributed by atoms with Crippen LogP contribution in [0, 0.1) is 5.92 Å². The number of fused-ring (bicyclic) bond motifs is 6. The number of aryl methyl sites for hydroxylation is 2. The maximum Gasteiger partial charge on any atom is 0.490 e. The Kier molecular flexibility index (Phi) is 21.8. The second kappa shape index (κ2) is 25.9. The molecule has 1 saturated heterocycles. The summed E-state index contributed by atoms with van der Waals surface area (Å²) in [4.78, 5) is 69.9. The number of halogens is 13. The number of alkyl halides is 12. The fourth-order valence-electron chi connectivity index (χ4n) is 5.60. The number of piperidine rings is 1. The molecule has 7 N–H and O–H groups in total. The molecular formula is C39H38ClF12N9O9. The van der Waals surface area contributed by atoms with Crippen LogP contribution in [0.25, 0.3) is 0 Å². The number of likely N-dealkylation sites (tertiary alicyclic amines) is 1. The van der Waals surface area contributed by atoms with Crippen molar-refractivity contribution in [2.24, 2.45) is 5.92 Å².